The van der Waals surface area contributed by atoms with Gasteiger partial charge in [-0.2, -0.15) is 0 Å². The second-order valence-corrected chi connectivity index (χ2v) is 5.80. The van der Waals surface area contributed by atoms with E-state index in [0.717, 1.165) is 51.3 Å². The van der Waals surface area contributed by atoms with Gasteiger partial charge in [0.2, 0.25) is 0 Å². The lowest BCUT2D eigenvalue weighted by atomic mass is 10.1. The standard InChI is InChI=1S/C16H23N3O2/c20-9-8-18-4-1-5-19(7-6-18)16(21)13-2-3-14-11-17-12-15(14)10-13/h2-3,10,17,20H,1,4-9,11-12H2. The molecule has 5 nitrogen and oxygen atoms in total. The van der Waals surface area contributed by atoms with Crippen LogP contribution in [0.4, 0.5) is 0 Å². The summed E-state index contributed by atoms with van der Waals surface area (Å²) in [6.07, 6.45) is 0.970. The molecule has 1 amide bonds. The average molecular weight is 289 g/mol. The molecular weight excluding hydrogens is 266 g/mol. The van der Waals surface area contributed by atoms with Gasteiger partial charge < -0.3 is 15.3 Å². The number of hydrogen-bond acceptors (Lipinski definition) is 4. The van der Waals surface area contributed by atoms with Crippen molar-refractivity contribution in [1.29, 1.82) is 0 Å². The Morgan fingerprint density at radius 1 is 1.14 bits per heavy atom. The second kappa shape index (κ2) is 6.56. The Labute approximate surface area is 125 Å². The molecule has 1 aromatic carbocycles. The Morgan fingerprint density at radius 3 is 2.86 bits per heavy atom. The van der Waals surface area contributed by atoms with Crippen LogP contribution in [0, 0.1) is 0 Å². The van der Waals surface area contributed by atoms with Crippen molar-refractivity contribution in [3.8, 4) is 0 Å². The third-order valence-electron chi connectivity index (χ3n) is 4.38. The highest BCUT2D eigenvalue weighted by molar-refractivity contribution is 5.94. The maximum Gasteiger partial charge on any atom is 0.253 e. The molecule has 2 heterocycles. The zero-order valence-electron chi connectivity index (χ0n) is 12.3. The van der Waals surface area contributed by atoms with Crippen molar-refractivity contribution in [2.45, 2.75) is 19.5 Å². The first kappa shape index (κ1) is 14.5. The number of aliphatic hydroxyl groups excluding tert-OH is 1. The molecule has 2 aliphatic rings. The number of nitrogens with zero attached hydrogens (tertiary/aromatic N) is 2. The van der Waals surface area contributed by atoms with Gasteiger partial charge >= 0.3 is 0 Å². The number of aliphatic hydroxyl groups is 1. The van der Waals surface area contributed by atoms with Gasteiger partial charge in [-0.1, -0.05) is 6.07 Å². The maximum atomic E-state index is 12.7. The highest BCUT2D eigenvalue weighted by Gasteiger charge is 2.21. The van der Waals surface area contributed by atoms with E-state index >= 15 is 0 Å². The van der Waals surface area contributed by atoms with Crippen LogP contribution >= 0.6 is 0 Å². The highest BCUT2D eigenvalue weighted by Crippen LogP contribution is 2.18. The molecule has 0 aliphatic carbocycles. The second-order valence-electron chi connectivity index (χ2n) is 5.80. The number of fused-ring (bicyclic) bond motifs is 1. The largest absolute Gasteiger partial charge is 0.395 e. The Kier molecular flexibility index (Phi) is 4.53. The molecule has 0 radical (unpaired) electrons. The molecule has 0 atom stereocenters. The van der Waals surface area contributed by atoms with Gasteiger partial charge in [-0.05, 0) is 36.2 Å². The van der Waals surface area contributed by atoms with Gasteiger partial charge in [-0.15, -0.1) is 0 Å². The van der Waals surface area contributed by atoms with E-state index in [-0.39, 0.29) is 12.5 Å². The summed E-state index contributed by atoms with van der Waals surface area (Å²) < 4.78 is 0. The van der Waals surface area contributed by atoms with E-state index in [9.17, 15) is 4.79 Å². The summed E-state index contributed by atoms with van der Waals surface area (Å²) in [5.41, 5.74) is 3.35. The van der Waals surface area contributed by atoms with E-state index in [2.05, 4.69) is 16.3 Å². The van der Waals surface area contributed by atoms with Gasteiger partial charge in [0.05, 0.1) is 6.61 Å². The first-order valence-electron chi connectivity index (χ1n) is 7.73. The average Bonchev–Trinajstić information content (AvgIpc) is 2.85. The van der Waals surface area contributed by atoms with Gasteiger partial charge in [0.1, 0.15) is 0 Å². The van der Waals surface area contributed by atoms with Crippen molar-refractivity contribution in [3.63, 3.8) is 0 Å². The SMILES string of the molecule is O=C(c1ccc2c(c1)CNC2)N1CCCN(CCO)CC1. The molecule has 114 valence electrons. The lowest BCUT2D eigenvalue weighted by molar-refractivity contribution is 0.0760. The zero-order chi connectivity index (χ0) is 14.7. The summed E-state index contributed by atoms with van der Waals surface area (Å²) in [4.78, 5) is 16.8. The molecule has 1 fully saturated rings. The predicted molar refractivity (Wildman–Crippen MR) is 81.0 cm³/mol. The smallest absolute Gasteiger partial charge is 0.253 e. The minimum absolute atomic E-state index is 0.135. The summed E-state index contributed by atoms with van der Waals surface area (Å²) in [5, 5.41) is 12.3. The number of rotatable bonds is 3. The van der Waals surface area contributed by atoms with Gasteiger partial charge in [0.15, 0.2) is 0 Å². The van der Waals surface area contributed by atoms with Crippen LogP contribution in [0.5, 0.6) is 0 Å². The van der Waals surface area contributed by atoms with Crippen LogP contribution in [0.2, 0.25) is 0 Å². The number of benzene rings is 1. The van der Waals surface area contributed by atoms with E-state index in [0.29, 0.717) is 6.54 Å². The van der Waals surface area contributed by atoms with Crippen molar-refractivity contribution in [2.24, 2.45) is 0 Å². The Hall–Kier alpha value is -1.43. The lowest BCUT2D eigenvalue weighted by Crippen LogP contribution is -2.36. The zero-order valence-corrected chi connectivity index (χ0v) is 12.3. The quantitative estimate of drug-likeness (QED) is 0.847. The van der Waals surface area contributed by atoms with Crippen molar-refractivity contribution in [1.82, 2.24) is 15.1 Å². The number of nitrogens with one attached hydrogen (secondary N) is 1. The van der Waals surface area contributed by atoms with Crippen LogP contribution in [0.15, 0.2) is 18.2 Å². The molecule has 21 heavy (non-hydrogen) atoms. The molecule has 2 N–H and O–H groups in total. The normalized spacial score (nSPS) is 19.4. The fraction of sp³-hybridized carbons (Fsp3) is 0.562. The Morgan fingerprint density at radius 2 is 2.00 bits per heavy atom. The van der Waals surface area contributed by atoms with Crippen LogP contribution in [0.1, 0.15) is 27.9 Å². The number of carbonyl (C=O) groups excluding carboxylic acids is 1. The number of amides is 1. The van der Waals surface area contributed by atoms with Crippen LogP contribution in [0.3, 0.4) is 0 Å². The van der Waals surface area contributed by atoms with Crippen LogP contribution in [0.25, 0.3) is 0 Å². The van der Waals surface area contributed by atoms with Gasteiger partial charge in [-0.3, -0.25) is 9.69 Å². The first-order chi connectivity index (χ1) is 10.3. The van der Waals surface area contributed by atoms with Crippen molar-refractivity contribution in [2.75, 3.05) is 39.3 Å². The van der Waals surface area contributed by atoms with Gasteiger partial charge in [0.25, 0.3) is 5.91 Å². The first-order valence-corrected chi connectivity index (χ1v) is 7.73. The van der Waals surface area contributed by atoms with Crippen LogP contribution in [-0.2, 0) is 13.1 Å². The van der Waals surface area contributed by atoms with Crippen LogP contribution in [-0.4, -0.2) is 60.1 Å². The molecule has 0 bridgehead atoms. The molecular formula is C16H23N3O2. The Balaban J connectivity index is 1.67. The number of β-amino-alcohol motifs (C(OH)–C–C–N with tert-alkyl or cyclic N) is 1. The lowest BCUT2D eigenvalue weighted by Gasteiger charge is -2.21. The summed E-state index contributed by atoms with van der Waals surface area (Å²) in [6, 6.07) is 6.05. The van der Waals surface area contributed by atoms with Gasteiger partial charge in [-0.25, -0.2) is 0 Å². The Bertz CT molecular complexity index is 518. The van der Waals surface area contributed by atoms with E-state index in [1.807, 2.05) is 17.0 Å². The third-order valence-corrected chi connectivity index (χ3v) is 4.38. The van der Waals surface area contributed by atoms with Crippen LogP contribution < -0.4 is 5.32 Å². The number of carbonyl (C=O) groups is 1. The van der Waals surface area contributed by atoms with Crippen molar-refractivity contribution >= 4 is 5.91 Å². The van der Waals surface area contributed by atoms with E-state index < -0.39 is 0 Å². The molecule has 2 aliphatic heterocycles. The topological polar surface area (TPSA) is 55.8 Å². The van der Waals surface area contributed by atoms with E-state index in [1.165, 1.54) is 11.1 Å². The summed E-state index contributed by atoms with van der Waals surface area (Å²) in [6.45, 7) is 6.00. The molecule has 0 saturated carbocycles. The summed E-state index contributed by atoms with van der Waals surface area (Å²) in [7, 11) is 0. The number of hydrogen-bond donors (Lipinski definition) is 2. The van der Waals surface area contributed by atoms with Crippen molar-refractivity contribution in [3.05, 3.63) is 34.9 Å². The molecule has 1 saturated heterocycles. The highest BCUT2D eigenvalue weighted by atomic mass is 16.3. The minimum Gasteiger partial charge on any atom is -0.395 e. The monoisotopic (exact) mass is 289 g/mol. The molecule has 5 heteroatoms. The summed E-state index contributed by atoms with van der Waals surface area (Å²) >= 11 is 0. The van der Waals surface area contributed by atoms with E-state index in [4.69, 9.17) is 5.11 Å². The fourth-order valence-corrected chi connectivity index (χ4v) is 3.15. The molecule has 3 rings (SSSR count). The van der Waals surface area contributed by atoms with Crippen molar-refractivity contribution < 1.29 is 9.90 Å². The molecule has 1 aromatic rings. The third kappa shape index (κ3) is 3.26. The minimum atomic E-state index is 0.135. The fourth-order valence-electron chi connectivity index (χ4n) is 3.15. The van der Waals surface area contributed by atoms with E-state index in [1.54, 1.807) is 0 Å². The molecule has 0 aromatic heterocycles. The predicted octanol–water partition coefficient (Wildman–Crippen LogP) is 0.430. The molecule has 0 unspecified atom stereocenters. The maximum absolute atomic E-state index is 12.7. The summed E-state index contributed by atoms with van der Waals surface area (Å²) in [5.74, 6) is 0.135. The molecule has 0 spiro atoms. The van der Waals surface area contributed by atoms with Gasteiger partial charge in [0, 0.05) is 44.8 Å².